The lowest BCUT2D eigenvalue weighted by Gasteiger charge is -2.34. The number of hydrogen-bond acceptors (Lipinski definition) is 3. The SMILES string of the molecule is CCCNC(=NCC(=O)N(C)C)NCC(C(C)C)N1CCCCCC1.I. The Morgan fingerprint density at radius 1 is 1.12 bits per heavy atom. The van der Waals surface area contributed by atoms with Gasteiger partial charge in [0, 0.05) is 33.2 Å². The largest absolute Gasteiger partial charge is 0.356 e. The summed E-state index contributed by atoms with van der Waals surface area (Å²) in [6.07, 6.45) is 6.34. The standard InChI is InChI=1S/C19H39N5O.HI/c1-6-11-20-19(22-15-18(25)23(4)5)21-14-17(16(2)3)24-12-9-7-8-10-13-24;/h16-17H,6-15H2,1-5H3,(H2,20,21,22);1H. The molecule has 0 aromatic carbocycles. The number of likely N-dealkylation sites (tertiary alicyclic amines) is 1. The van der Waals surface area contributed by atoms with Crippen molar-refractivity contribution in [3.05, 3.63) is 0 Å². The topological polar surface area (TPSA) is 60.0 Å². The van der Waals surface area contributed by atoms with Crippen LogP contribution < -0.4 is 10.6 Å². The molecule has 0 bridgehead atoms. The van der Waals surface area contributed by atoms with Crippen LogP contribution in [0.3, 0.4) is 0 Å². The highest BCUT2D eigenvalue weighted by Gasteiger charge is 2.22. The van der Waals surface area contributed by atoms with Crippen LogP contribution in [0.15, 0.2) is 4.99 Å². The highest BCUT2D eigenvalue weighted by Crippen LogP contribution is 2.17. The number of carbonyl (C=O) groups is 1. The summed E-state index contributed by atoms with van der Waals surface area (Å²) in [6.45, 7) is 11.0. The second kappa shape index (κ2) is 14.5. The average molecular weight is 481 g/mol. The summed E-state index contributed by atoms with van der Waals surface area (Å²) in [4.78, 5) is 20.5. The number of amides is 1. The number of nitrogens with zero attached hydrogens (tertiary/aromatic N) is 3. The van der Waals surface area contributed by atoms with Crippen molar-refractivity contribution in [2.45, 2.75) is 58.9 Å². The lowest BCUT2D eigenvalue weighted by Crippen LogP contribution is -2.50. The van der Waals surface area contributed by atoms with Crippen molar-refractivity contribution in [3.8, 4) is 0 Å². The van der Waals surface area contributed by atoms with Gasteiger partial charge in [-0.15, -0.1) is 24.0 Å². The molecule has 1 heterocycles. The van der Waals surface area contributed by atoms with Crippen LogP contribution in [0.1, 0.15) is 52.9 Å². The lowest BCUT2D eigenvalue weighted by molar-refractivity contribution is -0.127. The molecule has 1 fully saturated rings. The molecule has 154 valence electrons. The fourth-order valence-corrected chi connectivity index (χ4v) is 3.12. The predicted molar refractivity (Wildman–Crippen MR) is 121 cm³/mol. The van der Waals surface area contributed by atoms with Gasteiger partial charge >= 0.3 is 0 Å². The van der Waals surface area contributed by atoms with Gasteiger partial charge in [-0.2, -0.15) is 0 Å². The highest BCUT2D eigenvalue weighted by atomic mass is 127. The van der Waals surface area contributed by atoms with Crippen molar-refractivity contribution in [1.82, 2.24) is 20.4 Å². The highest BCUT2D eigenvalue weighted by molar-refractivity contribution is 14.0. The van der Waals surface area contributed by atoms with Crippen LogP contribution in [0.4, 0.5) is 0 Å². The van der Waals surface area contributed by atoms with Gasteiger partial charge in [-0.05, 0) is 38.3 Å². The zero-order valence-electron chi connectivity index (χ0n) is 17.4. The van der Waals surface area contributed by atoms with E-state index in [1.165, 1.54) is 38.8 Å². The maximum Gasteiger partial charge on any atom is 0.243 e. The first-order valence-electron chi connectivity index (χ1n) is 9.92. The minimum atomic E-state index is 0. The van der Waals surface area contributed by atoms with Gasteiger partial charge in [-0.3, -0.25) is 9.69 Å². The van der Waals surface area contributed by atoms with Gasteiger partial charge in [-0.25, -0.2) is 4.99 Å². The maximum absolute atomic E-state index is 11.8. The maximum atomic E-state index is 11.8. The molecule has 0 spiro atoms. The molecule has 1 atom stereocenters. The number of carbonyl (C=O) groups excluding carboxylic acids is 1. The number of hydrogen-bond donors (Lipinski definition) is 2. The second-order valence-electron chi connectivity index (χ2n) is 7.52. The number of nitrogens with one attached hydrogen (secondary N) is 2. The first-order valence-corrected chi connectivity index (χ1v) is 9.92. The number of rotatable bonds is 8. The third-order valence-corrected chi connectivity index (χ3v) is 4.77. The molecule has 7 heteroatoms. The quantitative estimate of drug-likeness (QED) is 0.318. The van der Waals surface area contributed by atoms with Gasteiger partial charge in [0.25, 0.3) is 0 Å². The number of halogens is 1. The Balaban J connectivity index is 0.00000625. The summed E-state index contributed by atoms with van der Waals surface area (Å²) >= 11 is 0. The molecule has 1 rings (SSSR count). The third-order valence-electron chi connectivity index (χ3n) is 4.77. The van der Waals surface area contributed by atoms with E-state index in [0.717, 1.165) is 25.5 Å². The summed E-state index contributed by atoms with van der Waals surface area (Å²) in [5.74, 6) is 1.35. The number of guanidine groups is 1. The minimum Gasteiger partial charge on any atom is -0.356 e. The number of likely N-dealkylation sites (N-methyl/N-ethyl adjacent to an activating group) is 1. The first kappa shape index (κ1) is 25.4. The van der Waals surface area contributed by atoms with Crippen molar-refractivity contribution in [2.75, 3.05) is 46.8 Å². The van der Waals surface area contributed by atoms with E-state index in [9.17, 15) is 4.79 Å². The molecule has 0 aliphatic carbocycles. The van der Waals surface area contributed by atoms with Crippen molar-refractivity contribution >= 4 is 35.8 Å². The molecule has 1 unspecified atom stereocenters. The third kappa shape index (κ3) is 9.94. The zero-order chi connectivity index (χ0) is 18.7. The van der Waals surface area contributed by atoms with Gasteiger partial charge < -0.3 is 15.5 Å². The van der Waals surface area contributed by atoms with Crippen molar-refractivity contribution in [2.24, 2.45) is 10.9 Å². The van der Waals surface area contributed by atoms with E-state index >= 15 is 0 Å². The van der Waals surface area contributed by atoms with Crippen LogP contribution in [-0.2, 0) is 4.79 Å². The van der Waals surface area contributed by atoms with E-state index in [0.29, 0.717) is 12.0 Å². The fourth-order valence-electron chi connectivity index (χ4n) is 3.12. The van der Waals surface area contributed by atoms with Crippen molar-refractivity contribution < 1.29 is 4.79 Å². The minimum absolute atomic E-state index is 0. The van der Waals surface area contributed by atoms with Crippen molar-refractivity contribution in [3.63, 3.8) is 0 Å². The molecular formula is C19H40IN5O. The molecule has 0 aromatic rings. The molecular weight excluding hydrogens is 441 g/mol. The molecule has 6 nitrogen and oxygen atoms in total. The average Bonchev–Trinajstić information content (AvgIpc) is 2.85. The molecule has 1 saturated heterocycles. The molecule has 1 aliphatic heterocycles. The van der Waals surface area contributed by atoms with Crippen LogP contribution in [0, 0.1) is 5.92 Å². The summed E-state index contributed by atoms with van der Waals surface area (Å²) in [7, 11) is 3.52. The number of aliphatic imine (C=N–C) groups is 1. The first-order chi connectivity index (χ1) is 12.0. The van der Waals surface area contributed by atoms with Gasteiger partial charge in [0.1, 0.15) is 6.54 Å². The zero-order valence-corrected chi connectivity index (χ0v) is 19.7. The van der Waals surface area contributed by atoms with E-state index in [-0.39, 0.29) is 36.4 Å². The van der Waals surface area contributed by atoms with Crippen LogP contribution >= 0.6 is 24.0 Å². The summed E-state index contributed by atoms with van der Waals surface area (Å²) in [5.41, 5.74) is 0. The molecule has 1 amide bonds. The Kier molecular flexibility index (Phi) is 14.2. The van der Waals surface area contributed by atoms with E-state index in [1.54, 1.807) is 19.0 Å². The summed E-state index contributed by atoms with van der Waals surface area (Å²) < 4.78 is 0. The van der Waals surface area contributed by atoms with Crippen LogP contribution in [0.2, 0.25) is 0 Å². The second-order valence-corrected chi connectivity index (χ2v) is 7.52. The summed E-state index contributed by atoms with van der Waals surface area (Å²) in [5, 5.41) is 6.80. The van der Waals surface area contributed by atoms with E-state index in [1.807, 2.05) is 0 Å². The Morgan fingerprint density at radius 3 is 2.23 bits per heavy atom. The molecule has 26 heavy (non-hydrogen) atoms. The van der Waals surface area contributed by atoms with E-state index in [2.05, 4.69) is 41.3 Å². The van der Waals surface area contributed by atoms with E-state index < -0.39 is 0 Å². The molecule has 0 aromatic heterocycles. The monoisotopic (exact) mass is 481 g/mol. The van der Waals surface area contributed by atoms with Crippen LogP contribution in [-0.4, -0.2) is 74.5 Å². The Labute approximate surface area is 177 Å². The normalized spacial score (nSPS) is 17.2. The predicted octanol–water partition coefficient (Wildman–Crippen LogP) is 2.54. The van der Waals surface area contributed by atoms with Gasteiger partial charge in [0.05, 0.1) is 0 Å². The molecule has 1 aliphatic rings. The van der Waals surface area contributed by atoms with Gasteiger partial charge in [0.2, 0.25) is 5.91 Å². The lowest BCUT2D eigenvalue weighted by atomic mass is 10.0. The Hall–Kier alpha value is -0.570. The van der Waals surface area contributed by atoms with Crippen molar-refractivity contribution in [1.29, 1.82) is 0 Å². The van der Waals surface area contributed by atoms with Gasteiger partial charge in [0.15, 0.2) is 5.96 Å². The Morgan fingerprint density at radius 2 is 1.73 bits per heavy atom. The molecule has 2 N–H and O–H groups in total. The molecule has 0 saturated carbocycles. The van der Waals surface area contributed by atoms with Crippen LogP contribution in [0.25, 0.3) is 0 Å². The fraction of sp³-hybridized carbons (Fsp3) is 0.895. The van der Waals surface area contributed by atoms with E-state index in [4.69, 9.17) is 0 Å². The van der Waals surface area contributed by atoms with Gasteiger partial charge in [-0.1, -0.05) is 33.6 Å². The molecule has 0 radical (unpaired) electrons. The smallest absolute Gasteiger partial charge is 0.243 e. The van der Waals surface area contributed by atoms with Crippen LogP contribution in [0.5, 0.6) is 0 Å². The Bertz CT molecular complexity index is 407. The summed E-state index contributed by atoms with van der Waals surface area (Å²) in [6, 6.07) is 0.497.